The second-order valence-corrected chi connectivity index (χ2v) is 11.1. The molecule has 0 spiro atoms. The summed E-state index contributed by atoms with van der Waals surface area (Å²) in [6.45, 7) is 10.6. The molecule has 160 valence electrons. The van der Waals surface area contributed by atoms with Crippen LogP contribution >= 0.6 is 0 Å². The first-order chi connectivity index (χ1) is 14.0. The van der Waals surface area contributed by atoms with Gasteiger partial charge in [-0.3, -0.25) is 0 Å². The molecule has 2 saturated carbocycles. The molecule has 0 aromatic heterocycles. The number of rotatable bonds is 6. The molecular formula is C26H40NO2+. The molecule has 0 amide bonds. The fourth-order valence-corrected chi connectivity index (χ4v) is 7.39. The van der Waals surface area contributed by atoms with E-state index < -0.39 is 0 Å². The Labute approximate surface area is 177 Å². The van der Waals surface area contributed by atoms with Crippen molar-refractivity contribution in [2.45, 2.75) is 77.7 Å². The van der Waals surface area contributed by atoms with E-state index in [0.717, 1.165) is 43.9 Å². The second kappa shape index (κ2) is 7.98. The van der Waals surface area contributed by atoms with Gasteiger partial charge in [-0.2, -0.15) is 0 Å². The van der Waals surface area contributed by atoms with E-state index in [2.05, 4.69) is 44.2 Å². The summed E-state index contributed by atoms with van der Waals surface area (Å²) in [5.41, 5.74) is 1.94. The summed E-state index contributed by atoms with van der Waals surface area (Å²) in [6, 6.07) is 11.1. The topological polar surface area (TPSA) is 18.5 Å². The van der Waals surface area contributed by atoms with Crippen LogP contribution in [0.3, 0.4) is 0 Å². The third-order valence-electron chi connectivity index (χ3n) is 9.03. The Kier molecular flexibility index (Phi) is 5.51. The summed E-state index contributed by atoms with van der Waals surface area (Å²) >= 11 is 0. The Bertz CT molecular complexity index is 681. The van der Waals surface area contributed by atoms with Gasteiger partial charge >= 0.3 is 0 Å². The number of nitrogens with zero attached hydrogens (tertiary/aromatic N) is 1. The molecule has 1 aromatic carbocycles. The summed E-state index contributed by atoms with van der Waals surface area (Å²) < 4.78 is 14.0. The zero-order valence-electron chi connectivity index (χ0n) is 18.5. The van der Waals surface area contributed by atoms with Crippen LogP contribution in [0, 0.1) is 23.2 Å². The van der Waals surface area contributed by atoms with E-state index in [1.165, 1.54) is 61.7 Å². The minimum absolute atomic E-state index is 0.0326. The van der Waals surface area contributed by atoms with Crippen LogP contribution in [-0.2, 0) is 16.0 Å². The molecule has 0 N–H and O–H groups in total. The normalized spacial score (nSPS) is 37.8. The monoisotopic (exact) mass is 398 g/mol. The van der Waals surface area contributed by atoms with E-state index in [4.69, 9.17) is 9.47 Å². The first kappa shape index (κ1) is 20.0. The molecule has 3 heteroatoms. The Morgan fingerprint density at radius 2 is 1.83 bits per heavy atom. The number of piperidine rings is 1. The van der Waals surface area contributed by atoms with E-state index in [1.54, 1.807) is 0 Å². The molecule has 0 radical (unpaired) electrons. The predicted molar refractivity (Wildman–Crippen MR) is 116 cm³/mol. The molecule has 2 bridgehead atoms. The van der Waals surface area contributed by atoms with Gasteiger partial charge < -0.3 is 14.0 Å². The molecule has 2 aliphatic heterocycles. The average Bonchev–Trinajstić information content (AvgIpc) is 3.41. The third kappa shape index (κ3) is 4.03. The molecule has 4 fully saturated rings. The highest BCUT2D eigenvalue weighted by Crippen LogP contribution is 2.60. The van der Waals surface area contributed by atoms with E-state index in [-0.39, 0.29) is 12.4 Å². The van der Waals surface area contributed by atoms with Crippen molar-refractivity contribution in [2.75, 3.05) is 26.2 Å². The van der Waals surface area contributed by atoms with Crippen LogP contribution < -0.4 is 0 Å². The maximum atomic E-state index is 6.55. The van der Waals surface area contributed by atoms with Crippen molar-refractivity contribution in [2.24, 2.45) is 23.2 Å². The number of likely N-dealkylation sites (tertiary alicyclic amines) is 1. The molecule has 5 atom stereocenters. The van der Waals surface area contributed by atoms with E-state index in [0.29, 0.717) is 5.41 Å². The van der Waals surface area contributed by atoms with Gasteiger partial charge in [0, 0.05) is 12.0 Å². The van der Waals surface area contributed by atoms with Gasteiger partial charge in [0.2, 0.25) is 0 Å². The molecule has 0 unspecified atom stereocenters. The van der Waals surface area contributed by atoms with Crippen molar-refractivity contribution < 1.29 is 14.0 Å². The first-order valence-electron chi connectivity index (χ1n) is 12.2. The Hall–Kier alpha value is -0.900. The number of benzene rings is 1. The molecule has 2 saturated heterocycles. The molecule has 29 heavy (non-hydrogen) atoms. The lowest BCUT2D eigenvalue weighted by Gasteiger charge is -2.43. The van der Waals surface area contributed by atoms with Gasteiger partial charge in [-0.25, -0.2) is 0 Å². The van der Waals surface area contributed by atoms with Gasteiger partial charge in [-0.05, 0) is 61.7 Å². The van der Waals surface area contributed by atoms with Crippen molar-refractivity contribution in [1.82, 2.24) is 0 Å². The summed E-state index contributed by atoms with van der Waals surface area (Å²) in [7, 11) is 0. The fraction of sp³-hybridized carbons (Fsp3) is 0.769. The van der Waals surface area contributed by atoms with Crippen molar-refractivity contribution >= 4 is 0 Å². The molecule has 3 nitrogen and oxygen atoms in total. The zero-order valence-corrected chi connectivity index (χ0v) is 18.5. The summed E-state index contributed by atoms with van der Waals surface area (Å²) in [6.07, 6.45) is 9.84. The van der Waals surface area contributed by atoms with E-state index in [1.807, 2.05) is 0 Å². The highest BCUT2D eigenvalue weighted by Gasteiger charge is 2.53. The SMILES string of the molecule is CC1(C)[C@H]2CC[C@H](C2)[C@H]1C[C@@H]1OC[C@@H](C[N+]2(Cc3ccccc3)CCCCC2)O1. The predicted octanol–water partition coefficient (Wildman–Crippen LogP) is 5.39. The largest absolute Gasteiger partial charge is 0.350 e. The highest BCUT2D eigenvalue weighted by atomic mass is 16.7. The van der Waals surface area contributed by atoms with Crippen LogP contribution in [0.4, 0.5) is 0 Å². The lowest BCUT2D eigenvalue weighted by atomic mass is 9.67. The minimum Gasteiger partial charge on any atom is -0.350 e. The Morgan fingerprint density at radius 3 is 2.55 bits per heavy atom. The molecule has 2 heterocycles. The lowest BCUT2D eigenvalue weighted by Crippen LogP contribution is -2.54. The van der Waals surface area contributed by atoms with Gasteiger partial charge in [0.15, 0.2) is 6.29 Å². The lowest BCUT2D eigenvalue weighted by molar-refractivity contribution is -0.947. The quantitative estimate of drug-likeness (QED) is 0.598. The van der Waals surface area contributed by atoms with Crippen LogP contribution in [0.25, 0.3) is 0 Å². The molecule has 5 rings (SSSR count). The molecular weight excluding hydrogens is 358 g/mol. The summed E-state index contributed by atoms with van der Waals surface area (Å²) in [5, 5.41) is 0. The third-order valence-corrected chi connectivity index (χ3v) is 9.03. The maximum Gasteiger partial charge on any atom is 0.158 e. The number of hydrogen-bond acceptors (Lipinski definition) is 2. The summed E-state index contributed by atoms with van der Waals surface area (Å²) in [5.74, 6) is 2.63. The Morgan fingerprint density at radius 1 is 1.03 bits per heavy atom. The minimum atomic E-state index is 0.0326. The summed E-state index contributed by atoms with van der Waals surface area (Å²) in [4.78, 5) is 0. The van der Waals surface area contributed by atoms with Crippen molar-refractivity contribution in [3.63, 3.8) is 0 Å². The van der Waals surface area contributed by atoms with Crippen molar-refractivity contribution in [3.05, 3.63) is 35.9 Å². The van der Waals surface area contributed by atoms with Crippen LogP contribution in [0.15, 0.2) is 30.3 Å². The van der Waals surface area contributed by atoms with Crippen molar-refractivity contribution in [1.29, 1.82) is 0 Å². The zero-order chi connectivity index (χ0) is 19.9. The van der Waals surface area contributed by atoms with Crippen molar-refractivity contribution in [3.8, 4) is 0 Å². The number of hydrogen-bond donors (Lipinski definition) is 0. The Balaban J connectivity index is 1.21. The van der Waals surface area contributed by atoms with Crippen LogP contribution in [-0.4, -0.2) is 43.1 Å². The molecule has 2 aliphatic carbocycles. The van der Waals surface area contributed by atoms with Gasteiger partial charge in [0.1, 0.15) is 19.2 Å². The number of fused-ring (bicyclic) bond motifs is 2. The van der Waals surface area contributed by atoms with Crippen LogP contribution in [0.5, 0.6) is 0 Å². The van der Waals surface area contributed by atoms with Gasteiger partial charge in [-0.15, -0.1) is 0 Å². The van der Waals surface area contributed by atoms with Crippen LogP contribution in [0.2, 0.25) is 0 Å². The van der Waals surface area contributed by atoms with Gasteiger partial charge in [0.05, 0.1) is 19.7 Å². The fourth-order valence-electron chi connectivity index (χ4n) is 7.39. The molecule has 4 aliphatic rings. The van der Waals surface area contributed by atoms with Gasteiger partial charge in [-0.1, -0.05) is 44.2 Å². The van der Waals surface area contributed by atoms with Crippen LogP contribution in [0.1, 0.15) is 64.4 Å². The van der Waals surface area contributed by atoms with E-state index >= 15 is 0 Å². The standard InChI is InChI=1S/C26H40NO2/c1-26(2)22-12-11-21(15-22)24(26)16-25-28-19-23(29-25)18-27(13-7-4-8-14-27)17-20-9-5-3-6-10-20/h3,5-6,9-10,21-25H,4,7-8,11-19H2,1-2H3/q+1/t21-,22+,23-,24-,25-/m1/s1. The smallest absolute Gasteiger partial charge is 0.158 e. The second-order valence-electron chi connectivity index (χ2n) is 11.1. The number of ether oxygens (including phenoxy) is 2. The average molecular weight is 399 g/mol. The molecule has 1 aromatic rings. The number of quaternary nitrogens is 1. The van der Waals surface area contributed by atoms with E-state index in [9.17, 15) is 0 Å². The van der Waals surface area contributed by atoms with Gasteiger partial charge in [0.25, 0.3) is 0 Å². The highest BCUT2D eigenvalue weighted by molar-refractivity contribution is 5.13. The first-order valence-corrected chi connectivity index (χ1v) is 12.2. The maximum absolute atomic E-state index is 6.55.